The predicted molar refractivity (Wildman–Crippen MR) is 102 cm³/mol. The minimum Gasteiger partial charge on any atom is -0.478 e. The second kappa shape index (κ2) is 6.55. The van der Waals surface area contributed by atoms with Gasteiger partial charge in [0.05, 0.1) is 17.4 Å². The van der Waals surface area contributed by atoms with Gasteiger partial charge in [0, 0.05) is 22.9 Å². The molecule has 1 aromatic heterocycles. The molecule has 0 unspecified atom stereocenters. The van der Waals surface area contributed by atoms with Gasteiger partial charge in [0.1, 0.15) is 5.82 Å². The third-order valence-electron chi connectivity index (χ3n) is 4.85. The molecular weight excluding hydrogens is 366 g/mol. The Balaban J connectivity index is 1.80. The average molecular weight is 382 g/mol. The number of fused-ring (bicyclic) bond motifs is 1. The van der Waals surface area contributed by atoms with E-state index in [9.17, 15) is 9.59 Å². The lowest BCUT2D eigenvalue weighted by Crippen LogP contribution is -2.24. The lowest BCUT2D eigenvalue weighted by atomic mass is 9.87. The van der Waals surface area contributed by atoms with Gasteiger partial charge in [-0.3, -0.25) is 4.79 Å². The molecule has 0 aliphatic carbocycles. The normalized spacial score (nSPS) is 15.9. The van der Waals surface area contributed by atoms with E-state index in [1.807, 2.05) is 25.1 Å². The summed E-state index contributed by atoms with van der Waals surface area (Å²) in [7, 11) is 0. The number of amides is 1. The van der Waals surface area contributed by atoms with Gasteiger partial charge in [-0.2, -0.15) is 5.10 Å². The molecule has 0 saturated heterocycles. The van der Waals surface area contributed by atoms with Gasteiger partial charge >= 0.3 is 5.97 Å². The fourth-order valence-corrected chi connectivity index (χ4v) is 3.55. The summed E-state index contributed by atoms with van der Waals surface area (Å²) in [6, 6.07) is 12.1. The van der Waals surface area contributed by atoms with Crippen LogP contribution in [0.4, 0.5) is 5.82 Å². The molecule has 0 saturated carbocycles. The molecule has 4 rings (SSSR count). The van der Waals surface area contributed by atoms with Crippen molar-refractivity contribution in [3.05, 3.63) is 75.9 Å². The Bertz CT molecular complexity index is 1060. The van der Waals surface area contributed by atoms with Crippen molar-refractivity contribution in [2.75, 3.05) is 5.32 Å². The van der Waals surface area contributed by atoms with E-state index in [1.54, 1.807) is 35.1 Å². The lowest BCUT2D eigenvalue weighted by molar-refractivity contribution is -0.116. The summed E-state index contributed by atoms with van der Waals surface area (Å²) < 4.78 is 1.69. The van der Waals surface area contributed by atoms with Crippen LogP contribution in [0.5, 0.6) is 0 Å². The number of carboxylic acids is 1. The molecule has 136 valence electrons. The maximum atomic E-state index is 12.3. The summed E-state index contributed by atoms with van der Waals surface area (Å²) in [5.41, 5.74) is 3.64. The first-order valence-corrected chi connectivity index (χ1v) is 8.80. The Morgan fingerprint density at radius 3 is 2.70 bits per heavy atom. The van der Waals surface area contributed by atoms with Crippen molar-refractivity contribution in [3.63, 3.8) is 0 Å². The fraction of sp³-hybridized carbons (Fsp3) is 0.150. The van der Waals surface area contributed by atoms with Crippen molar-refractivity contribution in [3.8, 4) is 5.69 Å². The second-order valence-electron chi connectivity index (χ2n) is 6.48. The van der Waals surface area contributed by atoms with Crippen molar-refractivity contribution < 1.29 is 14.7 Å². The number of aromatic carboxylic acids is 1. The summed E-state index contributed by atoms with van der Waals surface area (Å²) in [5, 5.41) is 17.1. The van der Waals surface area contributed by atoms with Crippen molar-refractivity contribution in [1.29, 1.82) is 0 Å². The van der Waals surface area contributed by atoms with Crippen molar-refractivity contribution >= 4 is 29.3 Å². The number of carboxylic acid groups (broad SMARTS) is 1. The lowest BCUT2D eigenvalue weighted by Gasteiger charge is -2.24. The number of hydrogen-bond donors (Lipinski definition) is 2. The SMILES string of the molecule is Cc1c(Cl)cccc1-n1ncc2c1NC(=O)C[C@H]2c1ccc(C(=O)O)cc1. The second-order valence-corrected chi connectivity index (χ2v) is 6.88. The first kappa shape index (κ1) is 17.3. The minimum absolute atomic E-state index is 0.115. The van der Waals surface area contributed by atoms with Crippen LogP contribution < -0.4 is 5.32 Å². The molecule has 1 atom stereocenters. The molecule has 7 heteroatoms. The number of anilines is 1. The smallest absolute Gasteiger partial charge is 0.335 e. The number of carbonyl (C=O) groups excluding carboxylic acids is 1. The molecule has 2 heterocycles. The number of benzene rings is 2. The minimum atomic E-state index is -0.979. The number of rotatable bonds is 3. The number of halogens is 1. The van der Waals surface area contributed by atoms with Crippen LogP contribution in [0.25, 0.3) is 5.69 Å². The summed E-state index contributed by atoms with van der Waals surface area (Å²) in [6.07, 6.45) is 2.02. The van der Waals surface area contributed by atoms with Crippen LogP contribution in [0.2, 0.25) is 5.02 Å². The summed E-state index contributed by atoms with van der Waals surface area (Å²) in [6.45, 7) is 1.90. The zero-order valence-electron chi connectivity index (χ0n) is 14.4. The highest BCUT2D eigenvalue weighted by Gasteiger charge is 2.30. The molecule has 2 aromatic carbocycles. The summed E-state index contributed by atoms with van der Waals surface area (Å²) in [5.74, 6) is -0.669. The average Bonchev–Trinajstić information content (AvgIpc) is 3.07. The Morgan fingerprint density at radius 2 is 2.00 bits per heavy atom. The quantitative estimate of drug-likeness (QED) is 0.718. The zero-order chi connectivity index (χ0) is 19.1. The highest BCUT2D eigenvalue weighted by molar-refractivity contribution is 6.31. The fourth-order valence-electron chi connectivity index (χ4n) is 3.38. The van der Waals surface area contributed by atoms with Crippen LogP contribution in [-0.2, 0) is 4.79 Å². The molecule has 0 fully saturated rings. The van der Waals surface area contributed by atoms with Crippen molar-refractivity contribution in [1.82, 2.24) is 9.78 Å². The van der Waals surface area contributed by atoms with E-state index < -0.39 is 5.97 Å². The van der Waals surface area contributed by atoms with E-state index in [4.69, 9.17) is 16.7 Å². The van der Waals surface area contributed by atoms with Crippen molar-refractivity contribution in [2.24, 2.45) is 0 Å². The first-order valence-electron chi connectivity index (χ1n) is 8.42. The Kier molecular flexibility index (Phi) is 4.20. The van der Waals surface area contributed by atoms with E-state index in [0.717, 1.165) is 22.4 Å². The van der Waals surface area contributed by atoms with Crippen LogP contribution in [0.1, 0.15) is 39.4 Å². The molecule has 1 amide bonds. The molecule has 3 aromatic rings. The highest BCUT2D eigenvalue weighted by atomic mass is 35.5. The van der Waals surface area contributed by atoms with E-state index in [1.165, 1.54) is 0 Å². The number of aromatic nitrogens is 2. The van der Waals surface area contributed by atoms with E-state index in [0.29, 0.717) is 10.8 Å². The van der Waals surface area contributed by atoms with E-state index in [2.05, 4.69) is 10.4 Å². The molecule has 0 spiro atoms. The largest absolute Gasteiger partial charge is 0.478 e. The number of carbonyl (C=O) groups is 2. The maximum absolute atomic E-state index is 12.3. The standard InChI is InChI=1S/C20H16ClN3O3/c1-11-16(21)3-2-4-17(11)24-19-15(10-22-24)14(9-18(25)23-19)12-5-7-13(8-6-12)20(26)27/h2-8,10,14H,9H2,1H3,(H,23,25)(H,26,27)/t14-/m0/s1. The molecule has 0 radical (unpaired) electrons. The van der Waals surface area contributed by atoms with Gasteiger partial charge in [-0.25, -0.2) is 9.48 Å². The van der Waals surface area contributed by atoms with Gasteiger partial charge in [0.2, 0.25) is 5.91 Å². The van der Waals surface area contributed by atoms with Crippen LogP contribution in [0.15, 0.2) is 48.7 Å². The summed E-state index contributed by atoms with van der Waals surface area (Å²) in [4.78, 5) is 23.4. The zero-order valence-corrected chi connectivity index (χ0v) is 15.2. The van der Waals surface area contributed by atoms with Gasteiger partial charge in [0.25, 0.3) is 0 Å². The number of hydrogen-bond acceptors (Lipinski definition) is 3. The van der Waals surface area contributed by atoms with Crippen molar-refractivity contribution in [2.45, 2.75) is 19.3 Å². The predicted octanol–water partition coefficient (Wildman–Crippen LogP) is 4.01. The first-order chi connectivity index (χ1) is 13.0. The third-order valence-corrected chi connectivity index (χ3v) is 5.26. The molecule has 0 bridgehead atoms. The Hall–Kier alpha value is -3.12. The molecule has 2 N–H and O–H groups in total. The molecular formula is C20H16ClN3O3. The monoisotopic (exact) mass is 381 g/mol. The molecule has 6 nitrogen and oxygen atoms in total. The Labute approximate surface area is 160 Å². The molecule has 1 aliphatic heterocycles. The maximum Gasteiger partial charge on any atom is 0.335 e. The van der Waals surface area contributed by atoms with E-state index >= 15 is 0 Å². The van der Waals surface area contributed by atoms with Gasteiger partial charge in [-0.05, 0) is 42.3 Å². The summed E-state index contributed by atoms with van der Waals surface area (Å²) >= 11 is 6.23. The van der Waals surface area contributed by atoms with Crippen LogP contribution >= 0.6 is 11.6 Å². The number of nitrogens with zero attached hydrogens (tertiary/aromatic N) is 2. The Morgan fingerprint density at radius 1 is 1.26 bits per heavy atom. The topological polar surface area (TPSA) is 84.2 Å². The molecule has 1 aliphatic rings. The van der Waals surface area contributed by atoms with Crippen LogP contribution in [-0.4, -0.2) is 26.8 Å². The van der Waals surface area contributed by atoms with Gasteiger partial charge in [-0.15, -0.1) is 0 Å². The van der Waals surface area contributed by atoms with Gasteiger partial charge in [0.15, 0.2) is 0 Å². The molecule has 27 heavy (non-hydrogen) atoms. The van der Waals surface area contributed by atoms with Crippen LogP contribution in [0, 0.1) is 6.92 Å². The van der Waals surface area contributed by atoms with E-state index in [-0.39, 0.29) is 23.8 Å². The third kappa shape index (κ3) is 2.98. The van der Waals surface area contributed by atoms with Gasteiger partial charge < -0.3 is 10.4 Å². The highest BCUT2D eigenvalue weighted by Crippen LogP contribution is 2.38. The van der Waals surface area contributed by atoms with Gasteiger partial charge in [-0.1, -0.05) is 29.8 Å². The van der Waals surface area contributed by atoms with Crippen LogP contribution in [0.3, 0.4) is 0 Å². The number of nitrogens with one attached hydrogen (secondary N) is 1.